The SMILES string of the molecule is Nc1ccccc1/C(O)=C/c1ccccn1. The molecule has 80 valence electrons. The molecule has 2 aromatic rings. The molecule has 3 N–H and O–H groups in total. The summed E-state index contributed by atoms with van der Waals surface area (Å²) in [5.74, 6) is 0.122. The first kappa shape index (κ1) is 10.2. The van der Waals surface area contributed by atoms with Crippen molar-refractivity contribution in [3.05, 3.63) is 59.9 Å². The van der Waals surface area contributed by atoms with Gasteiger partial charge >= 0.3 is 0 Å². The summed E-state index contributed by atoms with van der Waals surface area (Å²) >= 11 is 0. The fourth-order valence-electron chi connectivity index (χ4n) is 1.41. The van der Waals surface area contributed by atoms with Crippen LogP contribution in [0, 0.1) is 0 Å². The molecule has 0 radical (unpaired) electrons. The van der Waals surface area contributed by atoms with E-state index in [-0.39, 0.29) is 5.76 Å². The molecule has 0 amide bonds. The van der Waals surface area contributed by atoms with Gasteiger partial charge in [0.15, 0.2) is 0 Å². The molecular weight excluding hydrogens is 200 g/mol. The third-order valence-electron chi connectivity index (χ3n) is 2.21. The number of hydrogen-bond acceptors (Lipinski definition) is 3. The first-order chi connectivity index (χ1) is 7.77. The highest BCUT2D eigenvalue weighted by Crippen LogP contribution is 2.20. The Morgan fingerprint density at radius 3 is 2.56 bits per heavy atom. The molecule has 1 aromatic carbocycles. The monoisotopic (exact) mass is 212 g/mol. The second-order valence-electron chi connectivity index (χ2n) is 3.37. The average Bonchev–Trinajstić information content (AvgIpc) is 2.31. The van der Waals surface area contributed by atoms with Crippen molar-refractivity contribution in [1.29, 1.82) is 0 Å². The van der Waals surface area contributed by atoms with Gasteiger partial charge in [-0.25, -0.2) is 0 Å². The maximum atomic E-state index is 9.90. The zero-order valence-electron chi connectivity index (χ0n) is 8.67. The summed E-state index contributed by atoms with van der Waals surface area (Å²) in [6.07, 6.45) is 3.26. The van der Waals surface area contributed by atoms with Crippen molar-refractivity contribution in [2.75, 3.05) is 5.73 Å². The van der Waals surface area contributed by atoms with Crippen molar-refractivity contribution in [1.82, 2.24) is 4.98 Å². The van der Waals surface area contributed by atoms with Crippen LogP contribution < -0.4 is 5.73 Å². The fraction of sp³-hybridized carbons (Fsp3) is 0. The van der Waals surface area contributed by atoms with Gasteiger partial charge in [0.25, 0.3) is 0 Å². The van der Waals surface area contributed by atoms with Gasteiger partial charge < -0.3 is 10.8 Å². The van der Waals surface area contributed by atoms with E-state index in [0.29, 0.717) is 16.9 Å². The molecule has 3 heteroatoms. The van der Waals surface area contributed by atoms with E-state index in [2.05, 4.69) is 4.98 Å². The Balaban J connectivity index is 2.36. The molecule has 0 saturated carbocycles. The van der Waals surface area contributed by atoms with Gasteiger partial charge in [-0.2, -0.15) is 0 Å². The third-order valence-corrected chi connectivity index (χ3v) is 2.21. The van der Waals surface area contributed by atoms with Crippen molar-refractivity contribution in [2.45, 2.75) is 0 Å². The number of aromatic nitrogens is 1. The van der Waals surface area contributed by atoms with Gasteiger partial charge in [-0.15, -0.1) is 0 Å². The van der Waals surface area contributed by atoms with Gasteiger partial charge in [-0.05, 0) is 24.3 Å². The third kappa shape index (κ3) is 2.20. The number of nitrogen functional groups attached to an aromatic ring is 1. The lowest BCUT2D eigenvalue weighted by atomic mass is 10.1. The molecule has 0 fully saturated rings. The van der Waals surface area contributed by atoms with Crippen LogP contribution in [0.15, 0.2) is 48.7 Å². The van der Waals surface area contributed by atoms with E-state index >= 15 is 0 Å². The first-order valence-corrected chi connectivity index (χ1v) is 4.94. The normalized spacial score (nSPS) is 11.4. The second-order valence-corrected chi connectivity index (χ2v) is 3.37. The molecule has 0 atom stereocenters. The Kier molecular flexibility index (Phi) is 2.87. The van der Waals surface area contributed by atoms with Crippen LogP contribution in [0.1, 0.15) is 11.3 Å². The summed E-state index contributed by atoms with van der Waals surface area (Å²) in [7, 11) is 0. The molecule has 16 heavy (non-hydrogen) atoms. The van der Waals surface area contributed by atoms with E-state index < -0.39 is 0 Å². The van der Waals surface area contributed by atoms with Crippen LogP contribution in [0.3, 0.4) is 0 Å². The molecule has 0 spiro atoms. The van der Waals surface area contributed by atoms with Gasteiger partial charge in [0.1, 0.15) is 5.76 Å². The van der Waals surface area contributed by atoms with Crippen LogP contribution in [0.4, 0.5) is 5.69 Å². The van der Waals surface area contributed by atoms with Crippen molar-refractivity contribution in [3.63, 3.8) is 0 Å². The molecule has 0 saturated heterocycles. The topological polar surface area (TPSA) is 59.1 Å². The van der Waals surface area contributed by atoms with Crippen LogP contribution in [-0.2, 0) is 0 Å². The minimum atomic E-state index is 0.122. The predicted molar refractivity (Wildman–Crippen MR) is 65.6 cm³/mol. The number of nitrogens with two attached hydrogens (primary N) is 1. The molecule has 0 unspecified atom stereocenters. The Labute approximate surface area is 93.9 Å². The molecule has 3 nitrogen and oxygen atoms in total. The van der Waals surface area contributed by atoms with E-state index in [1.165, 1.54) is 0 Å². The summed E-state index contributed by atoms with van der Waals surface area (Å²) < 4.78 is 0. The summed E-state index contributed by atoms with van der Waals surface area (Å²) in [4.78, 5) is 4.10. The van der Waals surface area contributed by atoms with E-state index in [9.17, 15) is 5.11 Å². The van der Waals surface area contributed by atoms with E-state index in [1.807, 2.05) is 30.3 Å². The lowest BCUT2D eigenvalue weighted by Gasteiger charge is -2.03. The highest BCUT2D eigenvalue weighted by atomic mass is 16.3. The molecule has 2 rings (SSSR count). The Bertz CT molecular complexity index is 506. The number of rotatable bonds is 2. The number of pyridine rings is 1. The van der Waals surface area contributed by atoms with Gasteiger partial charge in [0.05, 0.1) is 5.69 Å². The van der Waals surface area contributed by atoms with E-state index in [4.69, 9.17) is 5.73 Å². The number of nitrogens with zero attached hydrogens (tertiary/aromatic N) is 1. The first-order valence-electron chi connectivity index (χ1n) is 4.94. The molecular formula is C13H12N2O. The van der Waals surface area contributed by atoms with Crippen LogP contribution in [0.5, 0.6) is 0 Å². The molecule has 0 aliphatic rings. The number of aliphatic hydroxyl groups is 1. The number of anilines is 1. The number of benzene rings is 1. The lowest BCUT2D eigenvalue weighted by Crippen LogP contribution is -1.92. The summed E-state index contributed by atoms with van der Waals surface area (Å²) in [5, 5.41) is 9.90. The molecule has 1 aromatic heterocycles. The van der Waals surface area contributed by atoms with Gasteiger partial charge in [-0.1, -0.05) is 18.2 Å². The van der Waals surface area contributed by atoms with Crippen molar-refractivity contribution in [2.24, 2.45) is 0 Å². The maximum absolute atomic E-state index is 9.90. The standard InChI is InChI=1S/C13H12N2O/c14-12-7-2-1-6-11(12)13(16)9-10-5-3-4-8-15-10/h1-9,16H,14H2/b13-9-. The maximum Gasteiger partial charge on any atom is 0.127 e. The van der Waals surface area contributed by atoms with E-state index in [1.54, 1.807) is 24.4 Å². The van der Waals surface area contributed by atoms with Gasteiger partial charge in [-0.3, -0.25) is 4.98 Å². The lowest BCUT2D eigenvalue weighted by molar-refractivity contribution is 0.515. The van der Waals surface area contributed by atoms with E-state index in [0.717, 1.165) is 0 Å². The Morgan fingerprint density at radius 2 is 1.88 bits per heavy atom. The number of aliphatic hydroxyl groups excluding tert-OH is 1. The molecule has 0 bridgehead atoms. The Morgan fingerprint density at radius 1 is 1.12 bits per heavy atom. The molecule has 0 aliphatic heterocycles. The molecule has 0 aliphatic carbocycles. The van der Waals surface area contributed by atoms with Crippen LogP contribution in [-0.4, -0.2) is 10.1 Å². The summed E-state index contributed by atoms with van der Waals surface area (Å²) in [5.41, 5.74) is 7.62. The quantitative estimate of drug-likeness (QED) is 0.594. The summed E-state index contributed by atoms with van der Waals surface area (Å²) in [6, 6.07) is 12.7. The largest absolute Gasteiger partial charge is 0.507 e. The zero-order chi connectivity index (χ0) is 11.4. The van der Waals surface area contributed by atoms with Crippen molar-refractivity contribution >= 4 is 17.5 Å². The van der Waals surface area contributed by atoms with Crippen molar-refractivity contribution in [3.8, 4) is 0 Å². The minimum Gasteiger partial charge on any atom is -0.507 e. The smallest absolute Gasteiger partial charge is 0.127 e. The van der Waals surface area contributed by atoms with Crippen LogP contribution in [0.2, 0.25) is 0 Å². The number of para-hydroxylation sites is 1. The van der Waals surface area contributed by atoms with Crippen molar-refractivity contribution < 1.29 is 5.11 Å². The second kappa shape index (κ2) is 4.49. The average molecular weight is 212 g/mol. The Hall–Kier alpha value is -2.29. The minimum absolute atomic E-state index is 0.122. The highest BCUT2D eigenvalue weighted by molar-refractivity contribution is 5.80. The van der Waals surface area contributed by atoms with Gasteiger partial charge in [0, 0.05) is 23.5 Å². The zero-order valence-corrected chi connectivity index (χ0v) is 8.67. The summed E-state index contributed by atoms with van der Waals surface area (Å²) in [6.45, 7) is 0. The van der Waals surface area contributed by atoms with Crippen LogP contribution in [0.25, 0.3) is 11.8 Å². The predicted octanol–water partition coefficient (Wildman–Crippen LogP) is 2.72. The van der Waals surface area contributed by atoms with Crippen LogP contribution >= 0.6 is 0 Å². The van der Waals surface area contributed by atoms with Gasteiger partial charge in [0.2, 0.25) is 0 Å². The number of hydrogen-bond donors (Lipinski definition) is 2. The highest BCUT2D eigenvalue weighted by Gasteiger charge is 2.02. The molecule has 1 heterocycles. The fourth-order valence-corrected chi connectivity index (χ4v) is 1.41.